The van der Waals surface area contributed by atoms with E-state index >= 15 is 0 Å². The zero-order chi connectivity index (χ0) is 12.2. The van der Waals surface area contributed by atoms with Crippen molar-refractivity contribution in [3.05, 3.63) is 0 Å². The first-order valence-electron chi connectivity index (χ1n) is 5.39. The third-order valence-electron chi connectivity index (χ3n) is 2.93. The lowest BCUT2D eigenvalue weighted by Crippen LogP contribution is -2.52. The molecule has 0 bridgehead atoms. The Hall–Kier alpha value is -0.610. The first-order chi connectivity index (χ1) is 6.68. The molecule has 1 atom stereocenters. The van der Waals surface area contributed by atoms with E-state index in [9.17, 15) is 4.79 Å². The number of amides is 1. The maximum Gasteiger partial charge on any atom is 0.237 e. The van der Waals surface area contributed by atoms with Gasteiger partial charge in [0.25, 0.3) is 0 Å². The molecule has 0 aromatic rings. The third kappa shape index (κ3) is 4.62. The summed E-state index contributed by atoms with van der Waals surface area (Å²) in [4.78, 5) is 13.7. The van der Waals surface area contributed by atoms with Gasteiger partial charge in [0, 0.05) is 12.1 Å². The largest absolute Gasteiger partial charge is 0.353 e. The van der Waals surface area contributed by atoms with Crippen molar-refractivity contribution in [3.63, 3.8) is 0 Å². The number of carbonyl (C=O) groups excluding carboxylic acids is 1. The summed E-state index contributed by atoms with van der Waals surface area (Å²) in [5, 5.41) is 2.88. The van der Waals surface area contributed by atoms with Crippen molar-refractivity contribution >= 4 is 5.91 Å². The Labute approximate surface area is 93.2 Å². The lowest BCUT2D eigenvalue weighted by molar-refractivity contribution is -0.123. The van der Waals surface area contributed by atoms with Gasteiger partial charge < -0.3 is 16.0 Å². The van der Waals surface area contributed by atoms with Crippen LogP contribution in [0, 0.1) is 5.92 Å². The molecule has 4 nitrogen and oxygen atoms in total. The summed E-state index contributed by atoms with van der Waals surface area (Å²) in [6.45, 7) is 8.66. The fourth-order valence-electron chi connectivity index (χ4n) is 0.882. The number of likely N-dealkylation sites (N-methyl/N-ethyl adjacent to an activating group) is 1. The molecule has 0 saturated carbocycles. The van der Waals surface area contributed by atoms with Crippen LogP contribution in [0.1, 0.15) is 27.7 Å². The number of nitrogens with zero attached hydrogens (tertiary/aromatic N) is 1. The second-order valence-corrected chi connectivity index (χ2v) is 5.19. The molecule has 4 heteroatoms. The average Bonchev–Trinajstić information content (AvgIpc) is 2.12. The molecule has 1 amide bonds. The highest BCUT2D eigenvalue weighted by Crippen LogP contribution is 2.08. The fourth-order valence-corrected chi connectivity index (χ4v) is 0.882. The van der Waals surface area contributed by atoms with Gasteiger partial charge in [0.15, 0.2) is 0 Å². The lowest BCUT2D eigenvalue weighted by atomic mass is 10.0. The normalized spacial score (nSPS) is 14.5. The monoisotopic (exact) mass is 215 g/mol. The standard InChI is InChI=1S/C11H25N3O/c1-8(2)9(12)10(15)13-7-11(3,4)14(5)6/h8-9H,7,12H2,1-6H3,(H,13,15)/t9-/m0/s1. The maximum absolute atomic E-state index is 11.6. The fraction of sp³-hybridized carbons (Fsp3) is 0.909. The molecule has 3 N–H and O–H groups in total. The molecule has 0 heterocycles. The van der Waals surface area contributed by atoms with Crippen LogP contribution in [0.15, 0.2) is 0 Å². The number of nitrogens with one attached hydrogen (secondary N) is 1. The SMILES string of the molecule is CC(C)[C@H](N)C(=O)NCC(C)(C)N(C)C. The Kier molecular flexibility index (Phi) is 5.24. The minimum atomic E-state index is -0.414. The molecule has 90 valence electrons. The van der Waals surface area contributed by atoms with E-state index in [0.29, 0.717) is 6.54 Å². The molecule has 0 radical (unpaired) electrons. The molecular formula is C11H25N3O. The molecule has 0 spiro atoms. The topological polar surface area (TPSA) is 58.4 Å². The maximum atomic E-state index is 11.6. The third-order valence-corrected chi connectivity index (χ3v) is 2.93. The van der Waals surface area contributed by atoms with E-state index in [-0.39, 0.29) is 17.4 Å². The molecule has 0 aliphatic carbocycles. The summed E-state index contributed by atoms with van der Waals surface area (Å²) in [6.07, 6.45) is 0. The minimum Gasteiger partial charge on any atom is -0.353 e. The van der Waals surface area contributed by atoms with E-state index in [0.717, 1.165) is 0 Å². The molecule has 15 heavy (non-hydrogen) atoms. The molecule has 0 rings (SSSR count). The van der Waals surface area contributed by atoms with Crippen LogP contribution in [0.2, 0.25) is 0 Å². The zero-order valence-electron chi connectivity index (χ0n) is 10.8. The summed E-state index contributed by atoms with van der Waals surface area (Å²) in [6, 6.07) is -0.414. The predicted molar refractivity (Wildman–Crippen MR) is 63.6 cm³/mol. The summed E-state index contributed by atoms with van der Waals surface area (Å²) >= 11 is 0. The number of hydrogen-bond acceptors (Lipinski definition) is 3. The van der Waals surface area contributed by atoms with Crippen LogP contribution in [-0.2, 0) is 4.79 Å². The van der Waals surface area contributed by atoms with Crippen molar-refractivity contribution in [2.45, 2.75) is 39.3 Å². The number of rotatable bonds is 5. The quantitative estimate of drug-likeness (QED) is 0.699. The highest BCUT2D eigenvalue weighted by molar-refractivity contribution is 5.81. The van der Waals surface area contributed by atoms with Gasteiger partial charge in [0.2, 0.25) is 5.91 Å². The molecule has 0 aromatic heterocycles. The number of nitrogens with two attached hydrogens (primary N) is 1. The van der Waals surface area contributed by atoms with Gasteiger partial charge in [-0.1, -0.05) is 13.8 Å². The van der Waals surface area contributed by atoms with Crippen molar-refractivity contribution in [1.82, 2.24) is 10.2 Å². The van der Waals surface area contributed by atoms with E-state index in [1.54, 1.807) is 0 Å². The Morgan fingerprint density at radius 3 is 2.20 bits per heavy atom. The van der Waals surface area contributed by atoms with Crippen LogP contribution in [0.25, 0.3) is 0 Å². The minimum absolute atomic E-state index is 0.0492. The van der Waals surface area contributed by atoms with Gasteiger partial charge >= 0.3 is 0 Å². The molecule has 0 aromatic carbocycles. The Morgan fingerprint density at radius 2 is 1.87 bits per heavy atom. The van der Waals surface area contributed by atoms with Gasteiger partial charge in [-0.15, -0.1) is 0 Å². The summed E-state index contributed by atoms with van der Waals surface area (Å²) in [5.74, 6) is 0.104. The van der Waals surface area contributed by atoms with Crippen LogP contribution in [0.3, 0.4) is 0 Å². The molecule has 0 aliphatic heterocycles. The Balaban J connectivity index is 4.12. The first kappa shape index (κ1) is 14.4. The second-order valence-electron chi connectivity index (χ2n) is 5.19. The van der Waals surface area contributed by atoms with Crippen LogP contribution < -0.4 is 11.1 Å². The Morgan fingerprint density at radius 1 is 1.40 bits per heavy atom. The van der Waals surface area contributed by atoms with Crippen molar-refractivity contribution in [2.24, 2.45) is 11.7 Å². The molecule has 0 fully saturated rings. The van der Waals surface area contributed by atoms with E-state index in [1.807, 2.05) is 27.9 Å². The first-order valence-corrected chi connectivity index (χ1v) is 5.39. The lowest BCUT2D eigenvalue weighted by Gasteiger charge is -2.33. The van der Waals surface area contributed by atoms with E-state index in [1.165, 1.54) is 0 Å². The molecule has 0 saturated heterocycles. The predicted octanol–water partition coefficient (Wildman–Crippen LogP) is 0.426. The van der Waals surface area contributed by atoms with E-state index in [2.05, 4.69) is 24.1 Å². The average molecular weight is 215 g/mol. The van der Waals surface area contributed by atoms with Gasteiger partial charge in [0.05, 0.1) is 6.04 Å². The van der Waals surface area contributed by atoms with Crippen molar-refractivity contribution < 1.29 is 4.79 Å². The molecule has 0 aliphatic rings. The van der Waals surface area contributed by atoms with Crippen LogP contribution in [-0.4, -0.2) is 43.0 Å². The summed E-state index contributed by atoms with van der Waals surface area (Å²) in [7, 11) is 3.99. The highest BCUT2D eigenvalue weighted by Gasteiger charge is 2.23. The van der Waals surface area contributed by atoms with Gasteiger partial charge in [0.1, 0.15) is 0 Å². The molecular weight excluding hydrogens is 190 g/mol. The summed E-state index contributed by atoms with van der Waals surface area (Å²) < 4.78 is 0. The van der Waals surface area contributed by atoms with Gasteiger partial charge in [-0.2, -0.15) is 0 Å². The van der Waals surface area contributed by atoms with E-state index in [4.69, 9.17) is 5.73 Å². The van der Waals surface area contributed by atoms with Gasteiger partial charge in [-0.25, -0.2) is 0 Å². The van der Waals surface area contributed by atoms with Crippen LogP contribution in [0.4, 0.5) is 0 Å². The summed E-state index contributed by atoms with van der Waals surface area (Å²) in [5.41, 5.74) is 5.69. The smallest absolute Gasteiger partial charge is 0.237 e. The number of hydrogen-bond donors (Lipinski definition) is 2. The Bertz CT molecular complexity index is 212. The number of carbonyl (C=O) groups is 1. The van der Waals surface area contributed by atoms with Crippen molar-refractivity contribution in [3.8, 4) is 0 Å². The molecule has 0 unspecified atom stereocenters. The highest BCUT2D eigenvalue weighted by atomic mass is 16.2. The van der Waals surface area contributed by atoms with Gasteiger partial charge in [-0.3, -0.25) is 4.79 Å². The second kappa shape index (κ2) is 5.47. The van der Waals surface area contributed by atoms with Crippen LogP contribution >= 0.6 is 0 Å². The van der Waals surface area contributed by atoms with Crippen molar-refractivity contribution in [2.75, 3.05) is 20.6 Å². The van der Waals surface area contributed by atoms with Crippen LogP contribution in [0.5, 0.6) is 0 Å². The van der Waals surface area contributed by atoms with Gasteiger partial charge in [-0.05, 0) is 33.9 Å². The van der Waals surface area contributed by atoms with E-state index < -0.39 is 6.04 Å². The van der Waals surface area contributed by atoms with Crippen molar-refractivity contribution in [1.29, 1.82) is 0 Å². The zero-order valence-corrected chi connectivity index (χ0v) is 10.8.